The van der Waals surface area contributed by atoms with E-state index in [1.165, 1.54) is 0 Å². The maximum Gasteiger partial charge on any atom is 0.274 e. The van der Waals surface area contributed by atoms with Crippen LogP contribution in [0.3, 0.4) is 0 Å². The number of piperidine rings is 1. The predicted molar refractivity (Wildman–Crippen MR) is 62.1 cm³/mol. The van der Waals surface area contributed by atoms with Gasteiger partial charge in [0, 0.05) is 13.1 Å². The molecule has 6 heteroatoms. The number of carbonyl (C=O) groups excluding carboxylic acids is 1. The summed E-state index contributed by atoms with van der Waals surface area (Å²) in [6.45, 7) is 2.98. The van der Waals surface area contributed by atoms with Crippen molar-refractivity contribution in [2.75, 3.05) is 18.8 Å². The number of aromatic nitrogens is 2. The molecule has 1 aromatic rings. The highest BCUT2D eigenvalue weighted by Crippen LogP contribution is 2.18. The van der Waals surface area contributed by atoms with Crippen LogP contribution in [0, 0.1) is 5.92 Å². The molecule has 1 aromatic heterocycles. The highest BCUT2D eigenvalue weighted by molar-refractivity contribution is 5.92. The summed E-state index contributed by atoms with van der Waals surface area (Å²) in [5.74, 6) is 0.314. The number of nitrogens with two attached hydrogens (primary N) is 1. The average molecular weight is 236 g/mol. The SMILES string of the molecule is CC1CCN(C(=O)c2ccc(N)nn2)CC1O. The van der Waals surface area contributed by atoms with Gasteiger partial charge in [-0.2, -0.15) is 0 Å². The summed E-state index contributed by atoms with van der Waals surface area (Å²) in [6.07, 6.45) is 0.337. The number of aliphatic hydroxyl groups excluding tert-OH is 1. The van der Waals surface area contributed by atoms with Crippen LogP contribution < -0.4 is 5.73 Å². The minimum absolute atomic E-state index is 0.205. The Hall–Kier alpha value is -1.69. The molecule has 2 atom stereocenters. The number of amides is 1. The van der Waals surface area contributed by atoms with Gasteiger partial charge in [0.05, 0.1) is 6.10 Å². The molecule has 0 bridgehead atoms. The molecular weight excluding hydrogens is 220 g/mol. The van der Waals surface area contributed by atoms with E-state index in [1.807, 2.05) is 6.92 Å². The molecule has 1 fully saturated rings. The number of hydrogen-bond donors (Lipinski definition) is 2. The van der Waals surface area contributed by atoms with Gasteiger partial charge in [-0.3, -0.25) is 4.79 Å². The Bertz CT molecular complexity index is 406. The van der Waals surface area contributed by atoms with Crippen LogP contribution in [0.1, 0.15) is 23.8 Å². The Morgan fingerprint density at radius 1 is 1.53 bits per heavy atom. The molecule has 1 aliphatic rings. The summed E-state index contributed by atoms with van der Waals surface area (Å²) in [4.78, 5) is 13.6. The van der Waals surface area contributed by atoms with Crippen LogP contribution in [0.2, 0.25) is 0 Å². The van der Waals surface area contributed by atoms with E-state index in [1.54, 1.807) is 17.0 Å². The van der Waals surface area contributed by atoms with Gasteiger partial charge in [0.15, 0.2) is 5.69 Å². The van der Waals surface area contributed by atoms with E-state index in [9.17, 15) is 9.90 Å². The molecule has 3 N–H and O–H groups in total. The number of rotatable bonds is 1. The van der Waals surface area contributed by atoms with Crippen molar-refractivity contribution < 1.29 is 9.90 Å². The third-order valence-corrected chi connectivity index (χ3v) is 3.11. The number of hydrogen-bond acceptors (Lipinski definition) is 5. The van der Waals surface area contributed by atoms with Crippen LogP contribution in [-0.2, 0) is 0 Å². The molecule has 0 spiro atoms. The first-order chi connectivity index (χ1) is 8.08. The van der Waals surface area contributed by atoms with Gasteiger partial charge >= 0.3 is 0 Å². The van der Waals surface area contributed by atoms with Crippen LogP contribution in [0.4, 0.5) is 5.82 Å². The molecule has 1 saturated heterocycles. The predicted octanol–water partition coefficient (Wildman–Crippen LogP) is -0.0983. The lowest BCUT2D eigenvalue weighted by molar-refractivity contribution is 0.0244. The molecular formula is C11H16N4O2. The topological polar surface area (TPSA) is 92.3 Å². The number of aliphatic hydroxyl groups is 1. The summed E-state index contributed by atoms with van der Waals surface area (Å²) < 4.78 is 0. The van der Waals surface area contributed by atoms with Crippen molar-refractivity contribution in [2.45, 2.75) is 19.4 Å². The van der Waals surface area contributed by atoms with E-state index in [-0.39, 0.29) is 23.3 Å². The van der Waals surface area contributed by atoms with Crippen molar-refractivity contribution in [1.29, 1.82) is 0 Å². The van der Waals surface area contributed by atoms with Gasteiger partial charge in [-0.15, -0.1) is 10.2 Å². The lowest BCUT2D eigenvalue weighted by Crippen LogP contribution is -2.46. The number of anilines is 1. The quantitative estimate of drug-likeness (QED) is 0.710. The van der Waals surface area contributed by atoms with Crippen LogP contribution in [-0.4, -0.2) is 45.3 Å². The standard InChI is InChI=1S/C11H16N4O2/c1-7-4-5-15(6-9(7)16)11(17)8-2-3-10(12)14-13-8/h2-3,7,9,16H,4-6H2,1H3,(H2,12,14). The molecule has 2 heterocycles. The second-order valence-corrected chi connectivity index (χ2v) is 4.43. The van der Waals surface area contributed by atoms with Crippen molar-refractivity contribution in [3.05, 3.63) is 17.8 Å². The van der Waals surface area contributed by atoms with Gasteiger partial charge in [-0.25, -0.2) is 0 Å². The highest BCUT2D eigenvalue weighted by Gasteiger charge is 2.28. The van der Waals surface area contributed by atoms with Gasteiger partial charge in [0.1, 0.15) is 5.82 Å². The van der Waals surface area contributed by atoms with E-state index in [0.29, 0.717) is 13.1 Å². The van der Waals surface area contributed by atoms with E-state index >= 15 is 0 Å². The summed E-state index contributed by atoms with van der Waals surface area (Å²) in [5.41, 5.74) is 5.67. The fraction of sp³-hybridized carbons (Fsp3) is 0.545. The third-order valence-electron chi connectivity index (χ3n) is 3.11. The Morgan fingerprint density at radius 3 is 2.88 bits per heavy atom. The molecule has 2 rings (SSSR count). The molecule has 0 aromatic carbocycles. The highest BCUT2D eigenvalue weighted by atomic mass is 16.3. The molecule has 0 saturated carbocycles. The number of carbonyl (C=O) groups is 1. The van der Waals surface area contributed by atoms with E-state index in [0.717, 1.165) is 6.42 Å². The molecule has 0 radical (unpaired) electrons. The molecule has 0 aliphatic carbocycles. The summed E-state index contributed by atoms with van der Waals surface area (Å²) in [6, 6.07) is 3.10. The van der Waals surface area contributed by atoms with E-state index in [2.05, 4.69) is 10.2 Å². The van der Waals surface area contributed by atoms with E-state index in [4.69, 9.17) is 5.73 Å². The lowest BCUT2D eigenvalue weighted by atomic mass is 9.96. The lowest BCUT2D eigenvalue weighted by Gasteiger charge is -2.33. The van der Waals surface area contributed by atoms with Crippen molar-refractivity contribution >= 4 is 11.7 Å². The monoisotopic (exact) mass is 236 g/mol. The number of likely N-dealkylation sites (tertiary alicyclic amines) is 1. The van der Waals surface area contributed by atoms with Crippen LogP contribution >= 0.6 is 0 Å². The van der Waals surface area contributed by atoms with Gasteiger partial charge in [0.25, 0.3) is 5.91 Å². The molecule has 17 heavy (non-hydrogen) atoms. The molecule has 92 valence electrons. The number of β-amino-alcohol motifs (C(OH)–C–C–N with tert-alkyl or cyclic N) is 1. The smallest absolute Gasteiger partial charge is 0.274 e. The van der Waals surface area contributed by atoms with Crippen LogP contribution in [0.5, 0.6) is 0 Å². The Labute approximate surface area is 99.4 Å². The number of nitrogens with zero attached hydrogens (tertiary/aromatic N) is 3. The minimum atomic E-state index is -0.463. The second kappa shape index (κ2) is 4.67. The maximum atomic E-state index is 12.0. The summed E-state index contributed by atoms with van der Waals surface area (Å²) in [5, 5.41) is 17.1. The first kappa shape index (κ1) is 11.8. The van der Waals surface area contributed by atoms with Gasteiger partial charge in [-0.05, 0) is 24.5 Å². The van der Waals surface area contributed by atoms with Gasteiger partial charge in [-0.1, -0.05) is 6.92 Å². The largest absolute Gasteiger partial charge is 0.391 e. The zero-order valence-electron chi connectivity index (χ0n) is 9.71. The van der Waals surface area contributed by atoms with Crippen molar-refractivity contribution in [2.24, 2.45) is 5.92 Å². The molecule has 2 unspecified atom stereocenters. The van der Waals surface area contributed by atoms with Crippen LogP contribution in [0.25, 0.3) is 0 Å². The summed E-state index contributed by atoms with van der Waals surface area (Å²) >= 11 is 0. The molecule has 1 aliphatic heterocycles. The first-order valence-electron chi connectivity index (χ1n) is 5.64. The number of nitrogen functional groups attached to an aromatic ring is 1. The zero-order chi connectivity index (χ0) is 12.4. The van der Waals surface area contributed by atoms with Gasteiger partial charge < -0.3 is 15.7 Å². The van der Waals surface area contributed by atoms with Crippen LogP contribution in [0.15, 0.2) is 12.1 Å². The second-order valence-electron chi connectivity index (χ2n) is 4.43. The van der Waals surface area contributed by atoms with Crippen molar-refractivity contribution in [3.63, 3.8) is 0 Å². The summed E-state index contributed by atoms with van der Waals surface area (Å²) in [7, 11) is 0. The Balaban J connectivity index is 2.08. The fourth-order valence-corrected chi connectivity index (χ4v) is 1.85. The van der Waals surface area contributed by atoms with Gasteiger partial charge in [0.2, 0.25) is 0 Å². The maximum absolute atomic E-state index is 12.0. The Morgan fingerprint density at radius 2 is 2.29 bits per heavy atom. The van der Waals surface area contributed by atoms with Crippen molar-refractivity contribution in [1.82, 2.24) is 15.1 Å². The minimum Gasteiger partial charge on any atom is -0.391 e. The first-order valence-corrected chi connectivity index (χ1v) is 5.64. The average Bonchev–Trinajstić information content (AvgIpc) is 2.33. The molecule has 6 nitrogen and oxygen atoms in total. The fourth-order valence-electron chi connectivity index (χ4n) is 1.85. The molecule has 1 amide bonds. The third kappa shape index (κ3) is 2.52. The van der Waals surface area contributed by atoms with Crippen molar-refractivity contribution in [3.8, 4) is 0 Å². The van der Waals surface area contributed by atoms with E-state index < -0.39 is 6.10 Å². The normalized spacial score (nSPS) is 24.7. The Kier molecular flexibility index (Phi) is 3.23. The zero-order valence-corrected chi connectivity index (χ0v) is 9.71.